The molecule has 0 aromatic heterocycles. The summed E-state index contributed by atoms with van der Waals surface area (Å²) in [6.45, 7) is 1.96. The maximum absolute atomic E-state index is 13.1. The monoisotopic (exact) mass is 470 g/mol. The van der Waals surface area contributed by atoms with E-state index in [-0.39, 0.29) is 0 Å². The van der Waals surface area contributed by atoms with E-state index in [0.29, 0.717) is 25.8 Å². The van der Waals surface area contributed by atoms with Gasteiger partial charge in [-0.25, -0.2) is 4.79 Å². The summed E-state index contributed by atoms with van der Waals surface area (Å²) < 4.78 is -0.903. The van der Waals surface area contributed by atoms with Crippen molar-refractivity contribution in [3.8, 4) is 0 Å². The summed E-state index contributed by atoms with van der Waals surface area (Å²) >= 11 is 1.43. The van der Waals surface area contributed by atoms with Gasteiger partial charge in [-0.1, -0.05) is 60.7 Å². The summed E-state index contributed by atoms with van der Waals surface area (Å²) in [4.78, 5) is 38.7. The number of amides is 1. The van der Waals surface area contributed by atoms with Crippen molar-refractivity contribution in [2.24, 2.45) is 0 Å². The molecule has 3 N–H and O–H groups in total. The normalized spacial score (nSPS) is 19.5. The third-order valence-electron chi connectivity index (χ3n) is 6.26. The second-order valence-electron chi connectivity index (χ2n) is 8.31. The molecule has 0 bridgehead atoms. The summed E-state index contributed by atoms with van der Waals surface area (Å²) in [6.07, 6.45) is 3.33. The van der Waals surface area contributed by atoms with Gasteiger partial charge in [-0.05, 0) is 43.6 Å². The van der Waals surface area contributed by atoms with Gasteiger partial charge in [0.25, 0.3) is 0 Å². The molecule has 2 aromatic carbocycles. The van der Waals surface area contributed by atoms with Crippen molar-refractivity contribution >= 4 is 29.6 Å². The van der Waals surface area contributed by atoms with Gasteiger partial charge in [0, 0.05) is 6.54 Å². The molecule has 1 saturated heterocycles. The van der Waals surface area contributed by atoms with Gasteiger partial charge in [-0.15, -0.1) is 0 Å². The molecule has 0 saturated carbocycles. The smallest absolute Gasteiger partial charge is 0.326 e. The summed E-state index contributed by atoms with van der Waals surface area (Å²) in [5.74, 6) is -2.50. The minimum absolute atomic E-state index is 0.357. The Bertz CT molecular complexity index is 971. The molecule has 0 aliphatic carbocycles. The number of likely N-dealkylation sites (tertiary alicyclic amines) is 1. The molecule has 1 amide bonds. The second kappa shape index (κ2) is 10.9. The van der Waals surface area contributed by atoms with E-state index in [4.69, 9.17) is 0 Å². The number of carbonyl (C=O) groups is 3. The Morgan fingerprint density at radius 1 is 1.09 bits per heavy atom. The molecule has 8 heteroatoms. The fourth-order valence-electron chi connectivity index (χ4n) is 4.56. The van der Waals surface area contributed by atoms with Crippen LogP contribution < -0.4 is 5.32 Å². The first kappa shape index (κ1) is 24.8. The molecule has 4 atom stereocenters. The lowest BCUT2D eigenvalue weighted by Crippen LogP contribution is -2.59. The maximum Gasteiger partial charge on any atom is 0.326 e. The van der Waals surface area contributed by atoms with Crippen LogP contribution in [0, 0.1) is 0 Å². The summed E-state index contributed by atoms with van der Waals surface area (Å²) in [6, 6.07) is 16.3. The number of carbonyl (C=O) groups excluding carboxylic acids is 1. The number of hydrogen-bond donors (Lipinski definition) is 3. The Morgan fingerprint density at radius 3 is 2.24 bits per heavy atom. The molecule has 0 spiro atoms. The molecule has 2 aromatic rings. The predicted octanol–water partition coefficient (Wildman–Crippen LogP) is 2.99. The Hall–Kier alpha value is -2.84. The quantitative estimate of drug-likeness (QED) is 0.490. The standard InChI is InChI=1S/C25H30N2O5S/c1-17(22(28)27-15-9-14-20(27)23(29)30)26-21(24(31)32)25(33-2,19-12-7-4-8-13-19)16-18-10-5-3-6-11-18/h3-8,10-13,17,20-21,26H,9,14-16H2,1-2H3,(H,29,30)(H,31,32). The van der Waals surface area contributed by atoms with E-state index < -0.39 is 40.7 Å². The van der Waals surface area contributed by atoms with Crippen LogP contribution in [0.3, 0.4) is 0 Å². The lowest BCUT2D eigenvalue weighted by atomic mass is 9.84. The van der Waals surface area contributed by atoms with Gasteiger partial charge >= 0.3 is 11.9 Å². The molecule has 1 fully saturated rings. The van der Waals surface area contributed by atoms with Gasteiger partial charge in [-0.3, -0.25) is 14.9 Å². The maximum atomic E-state index is 13.1. The zero-order valence-electron chi connectivity index (χ0n) is 18.8. The van der Waals surface area contributed by atoms with Crippen LogP contribution in [0.15, 0.2) is 60.7 Å². The highest BCUT2D eigenvalue weighted by atomic mass is 32.2. The third-order valence-corrected chi connectivity index (χ3v) is 7.60. The Kier molecular flexibility index (Phi) is 8.15. The summed E-state index contributed by atoms with van der Waals surface area (Å²) in [7, 11) is 0. The Morgan fingerprint density at radius 2 is 1.70 bits per heavy atom. The average molecular weight is 471 g/mol. The van der Waals surface area contributed by atoms with E-state index in [1.54, 1.807) is 6.92 Å². The predicted molar refractivity (Wildman–Crippen MR) is 128 cm³/mol. The van der Waals surface area contributed by atoms with Crippen LogP contribution in [0.5, 0.6) is 0 Å². The summed E-state index contributed by atoms with van der Waals surface area (Å²) in [5, 5.41) is 22.8. The minimum Gasteiger partial charge on any atom is -0.480 e. The molecule has 0 radical (unpaired) electrons. The number of thioether (sulfide) groups is 1. The van der Waals surface area contributed by atoms with Gasteiger partial charge in [-0.2, -0.15) is 11.8 Å². The van der Waals surface area contributed by atoms with E-state index in [9.17, 15) is 24.6 Å². The van der Waals surface area contributed by atoms with Crippen molar-refractivity contribution in [1.82, 2.24) is 10.2 Å². The van der Waals surface area contributed by atoms with Crippen LogP contribution in [-0.2, 0) is 25.6 Å². The van der Waals surface area contributed by atoms with Crippen LogP contribution >= 0.6 is 11.8 Å². The number of rotatable bonds is 10. The van der Waals surface area contributed by atoms with Crippen LogP contribution in [0.1, 0.15) is 30.9 Å². The van der Waals surface area contributed by atoms with Crippen LogP contribution in [-0.4, -0.2) is 63.9 Å². The topological polar surface area (TPSA) is 107 Å². The molecule has 1 heterocycles. The largest absolute Gasteiger partial charge is 0.480 e. The molecular weight excluding hydrogens is 440 g/mol. The highest BCUT2D eigenvalue weighted by Crippen LogP contribution is 2.42. The molecule has 176 valence electrons. The van der Waals surface area contributed by atoms with E-state index in [2.05, 4.69) is 5.32 Å². The second-order valence-corrected chi connectivity index (χ2v) is 9.45. The lowest BCUT2D eigenvalue weighted by molar-refractivity contribution is -0.149. The van der Waals surface area contributed by atoms with E-state index in [1.165, 1.54) is 16.7 Å². The minimum atomic E-state index is -1.10. The van der Waals surface area contributed by atoms with Crippen molar-refractivity contribution in [2.45, 2.75) is 49.1 Å². The van der Waals surface area contributed by atoms with E-state index in [0.717, 1.165) is 11.1 Å². The molecular formula is C25H30N2O5S. The molecule has 1 aliphatic rings. The van der Waals surface area contributed by atoms with Gasteiger partial charge < -0.3 is 15.1 Å². The van der Waals surface area contributed by atoms with Gasteiger partial charge in [0.1, 0.15) is 12.1 Å². The molecule has 33 heavy (non-hydrogen) atoms. The van der Waals surface area contributed by atoms with Crippen molar-refractivity contribution in [3.05, 3.63) is 71.8 Å². The SMILES string of the molecule is CSC(Cc1ccccc1)(c1ccccc1)C(NC(C)C(=O)N1CCCC1C(=O)O)C(=O)O. The first-order valence-electron chi connectivity index (χ1n) is 11.0. The van der Waals surface area contributed by atoms with Gasteiger partial charge in [0.2, 0.25) is 5.91 Å². The van der Waals surface area contributed by atoms with Crippen molar-refractivity contribution in [2.75, 3.05) is 12.8 Å². The average Bonchev–Trinajstić information content (AvgIpc) is 3.32. The summed E-state index contributed by atoms with van der Waals surface area (Å²) in [5.41, 5.74) is 1.82. The molecule has 1 aliphatic heterocycles. The number of carboxylic acid groups (broad SMARTS) is 2. The van der Waals surface area contributed by atoms with Crippen molar-refractivity contribution in [1.29, 1.82) is 0 Å². The Balaban J connectivity index is 1.96. The van der Waals surface area contributed by atoms with Gasteiger partial charge in [0.15, 0.2) is 0 Å². The lowest BCUT2D eigenvalue weighted by Gasteiger charge is -2.40. The number of nitrogens with one attached hydrogen (secondary N) is 1. The van der Waals surface area contributed by atoms with E-state index in [1.807, 2.05) is 66.9 Å². The van der Waals surface area contributed by atoms with Crippen molar-refractivity contribution < 1.29 is 24.6 Å². The van der Waals surface area contributed by atoms with Crippen LogP contribution in [0.25, 0.3) is 0 Å². The number of benzene rings is 2. The first-order chi connectivity index (χ1) is 15.8. The fourth-order valence-corrected chi connectivity index (χ4v) is 5.65. The van der Waals surface area contributed by atoms with Crippen LogP contribution in [0.2, 0.25) is 0 Å². The highest BCUT2D eigenvalue weighted by molar-refractivity contribution is 7.99. The number of carboxylic acids is 2. The molecule has 7 nitrogen and oxygen atoms in total. The number of nitrogens with zero attached hydrogens (tertiary/aromatic N) is 1. The highest BCUT2D eigenvalue weighted by Gasteiger charge is 2.46. The first-order valence-corrected chi connectivity index (χ1v) is 12.2. The number of aliphatic carboxylic acids is 2. The zero-order valence-corrected chi connectivity index (χ0v) is 19.6. The molecule has 3 rings (SSSR count). The third kappa shape index (κ3) is 5.39. The zero-order chi connectivity index (χ0) is 24.0. The number of hydrogen-bond acceptors (Lipinski definition) is 5. The van der Waals surface area contributed by atoms with E-state index >= 15 is 0 Å². The van der Waals surface area contributed by atoms with Crippen LogP contribution in [0.4, 0.5) is 0 Å². The van der Waals surface area contributed by atoms with Gasteiger partial charge in [0.05, 0.1) is 10.8 Å². The fraction of sp³-hybridized carbons (Fsp3) is 0.400. The molecule has 4 unspecified atom stereocenters. The van der Waals surface area contributed by atoms with Crippen molar-refractivity contribution in [3.63, 3.8) is 0 Å². The Labute approximate surface area is 198 Å².